The van der Waals surface area contributed by atoms with E-state index in [1.807, 2.05) is 0 Å². The van der Waals surface area contributed by atoms with Crippen LogP contribution in [0.5, 0.6) is 0 Å². The smallest absolute Gasteiger partial charge is 0.462 e. The highest BCUT2D eigenvalue weighted by atomic mass is 31.2. The molecular weight excluding hydrogens is 913 g/mol. The molecule has 22 nitrogen and oxygen atoms in total. The summed E-state index contributed by atoms with van der Waals surface area (Å²) in [6.45, 7) is 1.84. The van der Waals surface area contributed by atoms with Crippen LogP contribution in [0.1, 0.15) is 161 Å². The fourth-order valence-electron chi connectivity index (χ4n) is 7.78. The third-order valence-corrected chi connectivity index (χ3v) is 12.8. The van der Waals surface area contributed by atoms with Crippen LogP contribution in [0.25, 0.3) is 11.0 Å². The third kappa shape index (κ3) is 22.3. The van der Waals surface area contributed by atoms with Crippen LogP contribution in [-0.2, 0) is 37.5 Å². The number of aliphatic hydroxyl groups is 5. The number of hydrogen-bond donors (Lipinski definition) is 8. The minimum atomic E-state index is -5.18. The molecule has 3 unspecified atom stereocenters. The van der Waals surface area contributed by atoms with Crippen molar-refractivity contribution in [2.24, 2.45) is 0 Å². The molecule has 3 rings (SSSR count). The number of benzene rings is 1. The first-order valence-electron chi connectivity index (χ1n) is 24.5. The summed E-state index contributed by atoms with van der Waals surface area (Å²) in [5.74, 6) is -1.40. The molecule has 1 amide bonds. The predicted octanol–water partition coefficient (Wildman–Crippen LogP) is 5.82. The molecule has 8 atom stereocenters. The second kappa shape index (κ2) is 32.9. The number of phosphoric ester groups is 1. The van der Waals surface area contributed by atoms with Crippen molar-refractivity contribution in [3.63, 3.8) is 0 Å². The second-order valence-electron chi connectivity index (χ2n) is 17.5. The number of carbonyl (C=O) groups is 3. The van der Waals surface area contributed by atoms with Gasteiger partial charge in [-0.1, -0.05) is 110 Å². The zero-order valence-electron chi connectivity index (χ0n) is 39.5. The summed E-state index contributed by atoms with van der Waals surface area (Å²) in [5.41, 5.74) is 0.691. The van der Waals surface area contributed by atoms with Crippen LogP contribution in [0.4, 0.5) is 11.4 Å². The Morgan fingerprint density at radius 2 is 1.19 bits per heavy atom. The summed E-state index contributed by atoms with van der Waals surface area (Å²) >= 11 is 0. The molecule has 1 aromatic heterocycles. The SMILES string of the molecule is CCCCCCCCCCCCCCCCCC(=O)O[C@@H](COC(=O)CCCCCNC(=O)CCCCCNc1ccc([N+](=O)[O-])c2nonc12)COP(=O)(O)OC1[C@H](O)[C@H](O)C(O)[C@H](O)[C@H]1O. The van der Waals surface area contributed by atoms with E-state index in [0.29, 0.717) is 57.3 Å². The van der Waals surface area contributed by atoms with Gasteiger partial charge in [-0.2, -0.15) is 0 Å². The standard InChI is InChI=1S/C45H76N5O17P/c1-2-3-4-5-6-7-8-9-10-11-12-13-14-15-19-25-37(53)65-32(31-64-68(61,62)66-45-43(57)41(55)40(54)42(56)44(45)58)30-63-36(52)24-20-17-22-29-47-35(51)23-18-16-21-28-46-33-26-27-34(50(59)60)39-38(33)48-67-49-39/h26-27,32,40-46,54-58H,2-25,28-31H2,1H3,(H,47,51)(H,61,62)/t32-,40?,41-,42+,43+,44+,45?/m0/s1. The van der Waals surface area contributed by atoms with Crippen molar-refractivity contribution >= 4 is 48.1 Å². The molecule has 0 bridgehead atoms. The maximum absolute atomic E-state index is 12.8. The Morgan fingerprint density at radius 1 is 0.691 bits per heavy atom. The number of fused-ring (bicyclic) bond motifs is 1. The van der Waals surface area contributed by atoms with Gasteiger partial charge in [-0.25, -0.2) is 9.19 Å². The summed E-state index contributed by atoms with van der Waals surface area (Å²) in [5, 5.41) is 74.8. The van der Waals surface area contributed by atoms with E-state index in [1.165, 1.54) is 70.3 Å². The molecule has 23 heteroatoms. The lowest BCUT2D eigenvalue weighted by Crippen LogP contribution is -2.64. The topological polar surface area (TPSA) is 333 Å². The lowest BCUT2D eigenvalue weighted by Gasteiger charge is -2.41. The summed E-state index contributed by atoms with van der Waals surface area (Å²) < 4.78 is 38.1. The number of unbranched alkanes of at least 4 members (excludes halogenated alkanes) is 18. The molecule has 1 saturated carbocycles. The Morgan fingerprint density at radius 3 is 1.78 bits per heavy atom. The largest absolute Gasteiger partial charge is 0.472 e. The number of aromatic nitrogens is 2. The summed E-state index contributed by atoms with van der Waals surface area (Å²) in [6, 6.07) is 2.88. The first kappa shape index (κ1) is 58.5. The number of nitrogens with one attached hydrogen (secondary N) is 2. The number of amides is 1. The van der Waals surface area contributed by atoms with Gasteiger partial charge in [0.15, 0.2) is 11.6 Å². The van der Waals surface area contributed by atoms with Gasteiger partial charge >= 0.3 is 25.4 Å². The van der Waals surface area contributed by atoms with Gasteiger partial charge in [0, 0.05) is 38.4 Å². The highest BCUT2D eigenvalue weighted by Gasteiger charge is 2.51. The molecule has 1 aliphatic rings. The van der Waals surface area contributed by atoms with Crippen molar-refractivity contribution in [3.8, 4) is 0 Å². The number of hydrogen-bond acceptors (Lipinski definition) is 19. The predicted molar refractivity (Wildman–Crippen MR) is 248 cm³/mol. The van der Waals surface area contributed by atoms with E-state index in [1.54, 1.807) is 6.07 Å². The van der Waals surface area contributed by atoms with E-state index in [2.05, 4.69) is 32.5 Å². The number of phosphoric acid groups is 1. The quantitative estimate of drug-likeness (QED) is 0.0129. The van der Waals surface area contributed by atoms with Crippen molar-refractivity contribution < 1.29 is 77.4 Å². The molecule has 2 aromatic rings. The fourth-order valence-corrected chi connectivity index (χ4v) is 8.76. The second-order valence-corrected chi connectivity index (χ2v) is 18.9. The number of non-ortho nitro benzene ring substituents is 1. The number of rotatable bonds is 38. The normalized spacial score (nSPS) is 20.7. The zero-order chi connectivity index (χ0) is 49.7. The Balaban J connectivity index is 1.32. The van der Waals surface area contributed by atoms with E-state index in [4.69, 9.17) is 18.5 Å². The zero-order valence-corrected chi connectivity index (χ0v) is 40.4. The van der Waals surface area contributed by atoms with Crippen molar-refractivity contribution in [3.05, 3.63) is 22.2 Å². The van der Waals surface area contributed by atoms with Gasteiger partial charge in [0.25, 0.3) is 0 Å². The van der Waals surface area contributed by atoms with Crippen LogP contribution in [0.2, 0.25) is 0 Å². The van der Waals surface area contributed by atoms with Gasteiger partial charge in [0.2, 0.25) is 11.4 Å². The van der Waals surface area contributed by atoms with Crippen LogP contribution in [-0.4, -0.2) is 133 Å². The van der Waals surface area contributed by atoms with Gasteiger partial charge in [-0.3, -0.25) is 33.5 Å². The van der Waals surface area contributed by atoms with Crippen molar-refractivity contribution in [1.82, 2.24) is 15.6 Å². The highest BCUT2D eigenvalue weighted by molar-refractivity contribution is 7.47. The van der Waals surface area contributed by atoms with Crippen LogP contribution in [0.3, 0.4) is 0 Å². The molecule has 68 heavy (non-hydrogen) atoms. The van der Waals surface area contributed by atoms with Gasteiger partial charge < -0.3 is 50.5 Å². The number of carbonyl (C=O) groups excluding carboxylic acids is 3. The summed E-state index contributed by atoms with van der Waals surface area (Å²) in [7, 11) is -5.18. The fraction of sp³-hybridized carbons (Fsp3) is 0.800. The monoisotopic (exact) mass is 989 g/mol. The molecule has 8 N–H and O–H groups in total. The van der Waals surface area contributed by atoms with Crippen LogP contribution < -0.4 is 10.6 Å². The first-order valence-corrected chi connectivity index (χ1v) is 26.0. The number of nitro groups is 1. The lowest BCUT2D eigenvalue weighted by atomic mass is 9.85. The number of anilines is 1. The lowest BCUT2D eigenvalue weighted by molar-refractivity contribution is -0.383. The Kier molecular flexibility index (Phi) is 28.2. The maximum Gasteiger partial charge on any atom is 0.472 e. The van der Waals surface area contributed by atoms with Crippen molar-refractivity contribution in [2.75, 3.05) is 31.6 Å². The van der Waals surface area contributed by atoms with Crippen LogP contribution >= 0.6 is 7.82 Å². The molecule has 0 saturated heterocycles. The number of ether oxygens (including phenoxy) is 2. The van der Waals surface area contributed by atoms with E-state index >= 15 is 0 Å². The van der Waals surface area contributed by atoms with Gasteiger partial charge in [-0.15, -0.1) is 0 Å². The van der Waals surface area contributed by atoms with Gasteiger partial charge in [0.05, 0.1) is 17.2 Å². The molecule has 0 radical (unpaired) electrons. The van der Waals surface area contributed by atoms with E-state index < -0.39 is 80.6 Å². The highest BCUT2D eigenvalue weighted by Crippen LogP contribution is 2.47. The number of nitrogens with zero attached hydrogens (tertiary/aromatic N) is 3. The van der Waals surface area contributed by atoms with E-state index in [0.717, 1.165) is 38.5 Å². The molecule has 0 aliphatic heterocycles. The average molecular weight is 990 g/mol. The minimum Gasteiger partial charge on any atom is -0.462 e. The Labute approximate surface area is 397 Å². The minimum absolute atomic E-state index is 0.00321. The first-order chi connectivity index (χ1) is 32.6. The van der Waals surface area contributed by atoms with Crippen LogP contribution in [0.15, 0.2) is 16.8 Å². The van der Waals surface area contributed by atoms with Crippen molar-refractivity contribution in [1.29, 1.82) is 0 Å². The van der Waals surface area contributed by atoms with Crippen LogP contribution in [0, 0.1) is 10.1 Å². The Hall–Kier alpha value is -3.86. The third-order valence-electron chi connectivity index (χ3n) is 11.8. The number of esters is 2. The maximum atomic E-state index is 12.8. The molecule has 1 aliphatic carbocycles. The molecule has 0 spiro atoms. The number of aliphatic hydroxyl groups excluding tert-OH is 5. The van der Waals surface area contributed by atoms with Gasteiger partial charge in [0.1, 0.15) is 43.2 Å². The average Bonchev–Trinajstić information content (AvgIpc) is 3.81. The molecular formula is C45H76N5O17P. The summed E-state index contributed by atoms with van der Waals surface area (Å²) in [6.07, 6.45) is 7.86. The number of nitro benzene ring substituents is 1. The molecule has 388 valence electrons. The summed E-state index contributed by atoms with van der Waals surface area (Å²) in [4.78, 5) is 58.7. The molecule has 1 heterocycles. The van der Waals surface area contributed by atoms with E-state index in [-0.39, 0.29) is 35.5 Å². The Bertz CT molecular complexity index is 1810. The van der Waals surface area contributed by atoms with Gasteiger partial charge in [-0.05, 0) is 48.5 Å². The molecule has 1 fully saturated rings. The van der Waals surface area contributed by atoms with Crippen molar-refractivity contribution in [2.45, 2.75) is 204 Å². The molecule has 1 aromatic carbocycles. The van der Waals surface area contributed by atoms with E-state index in [9.17, 15) is 59.5 Å².